The van der Waals surface area contributed by atoms with Gasteiger partial charge in [-0.3, -0.25) is 10.6 Å². The quantitative estimate of drug-likeness (QED) is 0.492. The zero-order valence-electron chi connectivity index (χ0n) is 14.7. The fourth-order valence-corrected chi connectivity index (χ4v) is 3.68. The Bertz CT molecular complexity index is 1050. The molecule has 2 heterocycles. The molecule has 2 aromatic heterocycles. The van der Waals surface area contributed by atoms with E-state index in [1.165, 1.54) is 11.3 Å². The number of urea groups is 1. The lowest BCUT2D eigenvalue weighted by Crippen LogP contribution is -2.20. The number of aromatic nitrogens is 2. The number of rotatable bonds is 4. The third kappa shape index (κ3) is 3.91. The molecule has 0 fully saturated rings. The van der Waals surface area contributed by atoms with E-state index < -0.39 is 0 Å². The first-order valence-corrected chi connectivity index (χ1v) is 9.36. The Balaban J connectivity index is 1.49. The van der Waals surface area contributed by atoms with Gasteiger partial charge in [-0.15, -0.1) is 11.3 Å². The number of hydrogen-bond acceptors (Lipinski definition) is 3. The van der Waals surface area contributed by atoms with Crippen molar-refractivity contribution < 1.29 is 4.79 Å². The number of para-hydroxylation sites is 1. The Morgan fingerprint density at radius 1 is 0.926 bits per heavy atom. The topological polar surface area (TPSA) is 59.0 Å². The van der Waals surface area contributed by atoms with Crippen LogP contribution in [-0.2, 0) is 0 Å². The number of benzene rings is 2. The van der Waals surface area contributed by atoms with Gasteiger partial charge >= 0.3 is 6.03 Å². The van der Waals surface area contributed by atoms with Crippen molar-refractivity contribution in [3.05, 3.63) is 84.6 Å². The Kier molecular flexibility index (Phi) is 4.72. The standard InChI is InChI=1S/C21H18N4OS/c1-15-14-19(25(24-15)17-10-6-3-7-11-17)22-21(26)23-20-13-12-18(27-20)16-8-4-2-5-9-16/h2-14H,1H3,(H2,22,23,26). The third-order valence-corrected chi connectivity index (χ3v) is 5.02. The first-order valence-electron chi connectivity index (χ1n) is 8.54. The van der Waals surface area contributed by atoms with Crippen molar-refractivity contribution in [2.24, 2.45) is 0 Å². The minimum absolute atomic E-state index is 0.298. The van der Waals surface area contributed by atoms with Gasteiger partial charge in [0.15, 0.2) is 0 Å². The molecule has 0 atom stereocenters. The molecule has 0 saturated carbocycles. The van der Waals surface area contributed by atoms with Gasteiger partial charge in [0.1, 0.15) is 5.82 Å². The maximum Gasteiger partial charge on any atom is 0.325 e. The molecule has 2 amide bonds. The molecule has 0 aliphatic carbocycles. The van der Waals surface area contributed by atoms with E-state index in [1.54, 1.807) is 4.68 Å². The van der Waals surface area contributed by atoms with E-state index in [2.05, 4.69) is 27.9 Å². The Hall–Kier alpha value is -3.38. The molecule has 4 rings (SSSR count). The second-order valence-corrected chi connectivity index (χ2v) is 7.11. The summed E-state index contributed by atoms with van der Waals surface area (Å²) in [4.78, 5) is 13.6. The van der Waals surface area contributed by atoms with Crippen LogP contribution in [0.1, 0.15) is 5.69 Å². The van der Waals surface area contributed by atoms with Gasteiger partial charge in [0.25, 0.3) is 0 Å². The molecule has 0 unspecified atom stereocenters. The molecule has 0 bridgehead atoms. The van der Waals surface area contributed by atoms with Crippen LogP contribution in [0.4, 0.5) is 15.6 Å². The third-order valence-electron chi connectivity index (χ3n) is 3.97. The van der Waals surface area contributed by atoms with Gasteiger partial charge in [-0.05, 0) is 36.8 Å². The molecule has 0 spiro atoms. The fraction of sp³-hybridized carbons (Fsp3) is 0.0476. The van der Waals surface area contributed by atoms with Crippen LogP contribution in [0, 0.1) is 6.92 Å². The number of nitrogens with one attached hydrogen (secondary N) is 2. The summed E-state index contributed by atoms with van der Waals surface area (Å²) >= 11 is 1.54. The lowest BCUT2D eigenvalue weighted by atomic mass is 10.2. The molecule has 4 aromatic rings. The normalized spacial score (nSPS) is 10.6. The van der Waals surface area contributed by atoms with Crippen LogP contribution < -0.4 is 10.6 Å². The Labute approximate surface area is 161 Å². The molecular weight excluding hydrogens is 356 g/mol. The van der Waals surface area contributed by atoms with Crippen LogP contribution in [0.25, 0.3) is 16.1 Å². The Morgan fingerprint density at radius 2 is 1.63 bits per heavy atom. The second-order valence-electron chi connectivity index (χ2n) is 6.03. The summed E-state index contributed by atoms with van der Waals surface area (Å²) in [6.07, 6.45) is 0. The van der Waals surface area contributed by atoms with Gasteiger partial charge in [-0.25, -0.2) is 9.48 Å². The highest BCUT2D eigenvalue weighted by molar-refractivity contribution is 7.19. The summed E-state index contributed by atoms with van der Waals surface area (Å²) in [5.74, 6) is 0.621. The van der Waals surface area contributed by atoms with Gasteiger partial charge in [0.2, 0.25) is 0 Å². The zero-order chi connectivity index (χ0) is 18.6. The van der Waals surface area contributed by atoms with Crippen LogP contribution in [0.5, 0.6) is 0 Å². The molecule has 5 nitrogen and oxygen atoms in total. The number of hydrogen-bond donors (Lipinski definition) is 2. The zero-order valence-corrected chi connectivity index (χ0v) is 15.5. The largest absolute Gasteiger partial charge is 0.325 e. The van der Waals surface area contributed by atoms with Crippen molar-refractivity contribution >= 4 is 28.2 Å². The predicted molar refractivity (Wildman–Crippen MR) is 111 cm³/mol. The minimum Gasteiger partial charge on any atom is -0.299 e. The van der Waals surface area contributed by atoms with Gasteiger partial charge in [0.05, 0.1) is 16.4 Å². The average Bonchev–Trinajstić information content (AvgIpc) is 3.29. The molecule has 2 aromatic carbocycles. The average molecular weight is 374 g/mol. The van der Waals surface area contributed by atoms with Crippen LogP contribution in [0.15, 0.2) is 78.9 Å². The molecular formula is C21H18N4OS. The predicted octanol–water partition coefficient (Wildman–Crippen LogP) is 5.55. The van der Waals surface area contributed by atoms with Crippen LogP contribution >= 0.6 is 11.3 Å². The summed E-state index contributed by atoms with van der Waals surface area (Å²) in [5, 5.41) is 11.0. The first-order chi connectivity index (χ1) is 13.2. The maximum atomic E-state index is 12.5. The van der Waals surface area contributed by atoms with Crippen LogP contribution in [0.2, 0.25) is 0 Å². The molecule has 6 heteroatoms. The van der Waals surface area contributed by atoms with Crippen LogP contribution in [-0.4, -0.2) is 15.8 Å². The molecule has 134 valence electrons. The van der Waals surface area contributed by atoms with Crippen molar-refractivity contribution in [2.45, 2.75) is 6.92 Å². The minimum atomic E-state index is -0.298. The Morgan fingerprint density at radius 3 is 2.37 bits per heavy atom. The first kappa shape index (κ1) is 17.1. The number of amides is 2. The van der Waals surface area contributed by atoms with Crippen molar-refractivity contribution in [1.82, 2.24) is 9.78 Å². The highest BCUT2D eigenvalue weighted by Crippen LogP contribution is 2.31. The highest BCUT2D eigenvalue weighted by atomic mass is 32.1. The van der Waals surface area contributed by atoms with Gasteiger partial charge in [0, 0.05) is 10.9 Å². The summed E-state index contributed by atoms with van der Waals surface area (Å²) in [6.45, 7) is 1.90. The number of carbonyl (C=O) groups excluding carboxylic acids is 1. The number of nitrogens with zero attached hydrogens (tertiary/aromatic N) is 2. The van der Waals surface area contributed by atoms with Gasteiger partial charge in [-0.1, -0.05) is 48.5 Å². The highest BCUT2D eigenvalue weighted by Gasteiger charge is 2.12. The summed E-state index contributed by atoms with van der Waals surface area (Å²) < 4.78 is 1.72. The van der Waals surface area contributed by atoms with E-state index in [1.807, 2.05) is 73.7 Å². The summed E-state index contributed by atoms with van der Waals surface area (Å²) in [6, 6.07) is 25.3. The fourth-order valence-electron chi connectivity index (χ4n) is 2.78. The van der Waals surface area contributed by atoms with Crippen LogP contribution in [0.3, 0.4) is 0 Å². The molecule has 0 aliphatic heterocycles. The van der Waals surface area contributed by atoms with Crippen molar-refractivity contribution in [3.8, 4) is 16.1 Å². The van der Waals surface area contributed by atoms with E-state index in [9.17, 15) is 4.79 Å². The van der Waals surface area contributed by atoms with E-state index in [4.69, 9.17) is 0 Å². The lowest BCUT2D eigenvalue weighted by Gasteiger charge is -2.09. The van der Waals surface area contributed by atoms with E-state index >= 15 is 0 Å². The van der Waals surface area contributed by atoms with E-state index in [0.29, 0.717) is 5.82 Å². The molecule has 0 aliphatic rings. The van der Waals surface area contributed by atoms with Crippen molar-refractivity contribution in [2.75, 3.05) is 10.6 Å². The smallest absolute Gasteiger partial charge is 0.299 e. The van der Waals surface area contributed by atoms with Gasteiger partial charge in [-0.2, -0.15) is 5.10 Å². The lowest BCUT2D eigenvalue weighted by molar-refractivity contribution is 0.262. The summed E-state index contributed by atoms with van der Waals surface area (Å²) in [7, 11) is 0. The maximum absolute atomic E-state index is 12.5. The van der Waals surface area contributed by atoms with E-state index in [-0.39, 0.29) is 6.03 Å². The number of anilines is 2. The number of carbonyl (C=O) groups is 1. The van der Waals surface area contributed by atoms with Crippen molar-refractivity contribution in [3.63, 3.8) is 0 Å². The number of aryl methyl sites for hydroxylation is 1. The molecule has 0 radical (unpaired) electrons. The second kappa shape index (κ2) is 7.47. The number of thiophene rings is 1. The molecule has 0 saturated heterocycles. The molecule has 2 N–H and O–H groups in total. The van der Waals surface area contributed by atoms with Crippen molar-refractivity contribution in [1.29, 1.82) is 0 Å². The molecule has 27 heavy (non-hydrogen) atoms. The monoisotopic (exact) mass is 374 g/mol. The van der Waals surface area contributed by atoms with Gasteiger partial charge < -0.3 is 0 Å². The van der Waals surface area contributed by atoms with E-state index in [0.717, 1.165) is 26.8 Å². The SMILES string of the molecule is Cc1cc(NC(=O)Nc2ccc(-c3ccccc3)s2)n(-c2ccccc2)n1. The summed E-state index contributed by atoms with van der Waals surface area (Å²) in [5.41, 5.74) is 2.86.